The highest BCUT2D eigenvalue weighted by atomic mass is 16.2. The van der Waals surface area contributed by atoms with E-state index in [0.717, 1.165) is 23.1 Å². The highest BCUT2D eigenvalue weighted by Crippen LogP contribution is 2.42. The summed E-state index contributed by atoms with van der Waals surface area (Å²) >= 11 is 0. The lowest BCUT2D eigenvalue weighted by Gasteiger charge is -2.36. The second-order valence-electron chi connectivity index (χ2n) is 8.01. The Labute approximate surface area is 184 Å². The molecule has 0 saturated carbocycles. The number of hydrogen-bond acceptors (Lipinski definition) is 2. The molecule has 4 heteroatoms. The quantitative estimate of drug-likeness (QED) is 0.509. The van der Waals surface area contributed by atoms with Gasteiger partial charge in [-0.2, -0.15) is 0 Å². The first-order chi connectivity index (χ1) is 15.0. The van der Waals surface area contributed by atoms with Crippen molar-refractivity contribution in [1.82, 2.24) is 5.32 Å². The molecule has 0 spiro atoms. The lowest BCUT2D eigenvalue weighted by atomic mass is 9.67. The third-order valence-corrected chi connectivity index (χ3v) is 6.06. The van der Waals surface area contributed by atoms with E-state index in [4.69, 9.17) is 5.73 Å². The van der Waals surface area contributed by atoms with Crippen LogP contribution in [0, 0.1) is 5.92 Å². The van der Waals surface area contributed by atoms with E-state index in [9.17, 15) is 9.59 Å². The van der Waals surface area contributed by atoms with E-state index in [2.05, 4.69) is 5.32 Å². The molecule has 0 radical (unpaired) electrons. The summed E-state index contributed by atoms with van der Waals surface area (Å²) in [5.74, 6) is -0.755. The molecule has 31 heavy (non-hydrogen) atoms. The minimum Gasteiger partial charge on any atom is -0.368 e. The van der Waals surface area contributed by atoms with Crippen molar-refractivity contribution in [3.8, 4) is 0 Å². The van der Waals surface area contributed by atoms with Crippen LogP contribution >= 0.6 is 0 Å². The Morgan fingerprint density at radius 2 is 1.19 bits per heavy atom. The van der Waals surface area contributed by atoms with Crippen molar-refractivity contribution >= 4 is 11.8 Å². The van der Waals surface area contributed by atoms with Gasteiger partial charge in [-0.25, -0.2) is 0 Å². The summed E-state index contributed by atoms with van der Waals surface area (Å²) in [6, 6.07) is 29.4. The summed E-state index contributed by atoms with van der Waals surface area (Å²) in [5, 5.41) is 2.92. The van der Waals surface area contributed by atoms with Gasteiger partial charge in [-0.3, -0.25) is 9.59 Å². The number of rotatable bonds is 9. The molecule has 4 nitrogen and oxygen atoms in total. The Bertz CT molecular complexity index is 891. The Morgan fingerprint density at radius 3 is 1.52 bits per heavy atom. The molecule has 160 valence electrons. The molecule has 3 rings (SSSR count). The summed E-state index contributed by atoms with van der Waals surface area (Å²) < 4.78 is 0. The molecule has 3 aromatic carbocycles. The van der Waals surface area contributed by atoms with Crippen LogP contribution in [0.5, 0.6) is 0 Å². The summed E-state index contributed by atoms with van der Waals surface area (Å²) in [4.78, 5) is 25.4. The van der Waals surface area contributed by atoms with E-state index in [0.29, 0.717) is 0 Å². The average molecular weight is 415 g/mol. The fourth-order valence-electron chi connectivity index (χ4n) is 4.17. The van der Waals surface area contributed by atoms with Gasteiger partial charge in [-0.1, -0.05) is 111 Å². The molecule has 3 N–H and O–H groups in total. The van der Waals surface area contributed by atoms with Crippen molar-refractivity contribution < 1.29 is 9.59 Å². The molecule has 0 aromatic heterocycles. The van der Waals surface area contributed by atoms with Crippen molar-refractivity contribution in [2.24, 2.45) is 11.7 Å². The second kappa shape index (κ2) is 10.1. The number of carbonyl (C=O) groups excluding carboxylic acids is 2. The van der Waals surface area contributed by atoms with Crippen LogP contribution in [0.25, 0.3) is 0 Å². The van der Waals surface area contributed by atoms with E-state index in [1.165, 1.54) is 0 Å². The number of hydrogen-bond donors (Lipinski definition) is 2. The van der Waals surface area contributed by atoms with E-state index >= 15 is 0 Å². The Balaban J connectivity index is 2.12. The number of benzene rings is 3. The Morgan fingerprint density at radius 1 is 0.806 bits per heavy atom. The molecule has 0 aliphatic rings. The smallest absolute Gasteiger partial charge is 0.240 e. The Kier molecular flexibility index (Phi) is 7.24. The molecular weight excluding hydrogens is 384 g/mol. The number of nitrogens with two attached hydrogens (primary N) is 1. The van der Waals surface area contributed by atoms with Gasteiger partial charge in [-0.15, -0.1) is 0 Å². The molecule has 3 aromatic rings. The predicted molar refractivity (Wildman–Crippen MR) is 124 cm³/mol. The fraction of sp³-hybridized carbons (Fsp3) is 0.259. The summed E-state index contributed by atoms with van der Waals surface area (Å²) in [5.41, 5.74) is 7.95. The summed E-state index contributed by atoms with van der Waals surface area (Å²) in [6.45, 7) is 3.91. The van der Waals surface area contributed by atoms with E-state index in [1.807, 2.05) is 105 Å². The predicted octanol–water partition coefficient (Wildman–Crippen LogP) is 4.43. The lowest BCUT2D eigenvalue weighted by molar-refractivity contribution is -0.128. The lowest BCUT2D eigenvalue weighted by Crippen LogP contribution is -2.50. The van der Waals surface area contributed by atoms with E-state index < -0.39 is 17.4 Å². The highest BCUT2D eigenvalue weighted by Gasteiger charge is 2.39. The largest absolute Gasteiger partial charge is 0.368 e. The number of primary amides is 1. The van der Waals surface area contributed by atoms with Crippen LogP contribution < -0.4 is 11.1 Å². The van der Waals surface area contributed by atoms with Gasteiger partial charge in [0.2, 0.25) is 11.8 Å². The van der Waals surface area contributed by atoms with Crippen molar-refractivity contribution in [2.75, 3.05) is 0 Å². The van der Waals surface area contributed by atoms with Crippen LogP contribution in [-0.4, -0.2) is 17.9 Å². The molecule has 0 aliphatic carbocycles. The number of nitrogens with one attached hydrogen (secondary N) is 1. The van der Waals surface area contributed by atoms with Gasteiger partial charge in [0.05, 0.1) is 5.41 Å². The van der Waals surface area contributed by atoms with Crippen LogP contribution in [-0.2, 0) is 15.0 Å². The molecule has 0 fully saturated rings. The first-order valence-electron chi connectivity index (χ1n) is 10.7. The van der Waals surface area contributed by atoms with Crippen LogP contribution in [0.4, 0.5) is 0 Å². The molecule has 2 atom stereocenters. The van der Waals surface area contributed by atoms with Crippen LogP contribution in [0.3, 0.4) is 0 Å². The zero-order valence-corrected chi connectivity index (χ0v) is 18.1. The van der Waals surface area contributed by atoms with E-state index in [-0.39, 0.29) is 18.2 Å². The zero-order chi connectivity index (χ0) is 22.3. The van der Waals surface area contributed by atoms with Gasteiger partial charge >= 0.3 is 0 Å². The molecule has 0 bridgehead atoms. The maximum absolute atomic E-state index is 13.4. The maximum atomic E-state index is 13.4. The SMILES string of the molecule is CC[C@H](C)[C@H](NC(=O)CC(c1ccccc1)(c1ccccc1)c1ccccc1)C(N)=O. The minimum atomic E-state index is -0.703. The highest BCUT2D eigenvalue weighted by molar-refractivity contribution is 5.88. The Hall–Kier alpha value is -3.40. The van der Waals surface area contributed by atoms with Gasteiger partial charge in [0.25, 0.3) is 0 Å². The molecule has 0 saturated heterocycles. The van der Waals surface area contributed by atoms with Crippen LogP contribution in [0.2, 0.25) is 0 Å². The topological polar surface area (TPSA) is 72.2 Å². The van der Waals surface area contributed by atoms with Gasteiger partial charge in [-0.05, 0) is 22.6 Å². The number of amides is 2. The number of carbonyl (C=O) groups is 2. The van der Waals surface area contributed by atoms with Crippen LogP contribution in [0.15, 0.2) is 91.0 Å². The van der Waals surface area contributed by atoms with Gasteiger partial charge in [0, 0.05) is 6.42 Å². The molecule has 0 aliphatic heterocycles. The normalized spacial score (nSPS) is 13.2. The zero-order valence-electron chi connectivity index (χ0n) is 18.1. The van der Waals surface area contributed by atoms with Crippen molar-refractivity contribution in [2.45, 2.75) is 38.1 Å². The molecule has 0 heterocycles. The van der Waals surface area contributed by atoms with Gasteiger partial charge in [0.1, 0.15) is 6.04 Å². The monoisotopic (exact) mass is 414 g/mol. The van der Waals surface area contributed by atoms with Crippen molar-refractivity contribution in [3.05, 3.63) is 108 Å². The third-order valence-electron chi connectivity index (χ3n) is 6.06. The average Bonchev–Trinajstić information content (AvgIpc) is 2.82. The van der Waals surface area contributed by atoms with Crippen molar-refractivity contribution in [3.63, 3.8) is 0 Å². The first kappa shape index (κ1) is 22.3. The maximum Gasteiger partial charge on any atom is 0.240 e. The minimum absolute atomic E-state index is 0.0407. The first-order valence-corrected chi connectivity index (χ1v) is 10.7. The summed E-state index contributed by atoms with van der Waals surface area (Å²) in [7, 11) is 0. The fourth-order valence-corrected chi connectivity index (χ4v) is 4.17. The van der Waals surface area contributed by atoms with E-state index in [1.54, 1.807) is 0 Å². The molecule has 0 unspecified atom stereocenters. The van der Waals surface area contributed by atoms with Gasteiger partial charge in [0.15, 0.2) is 0 Å². The second-order valence-corrected chi connectivity index (χ2v) is 8.01. The summed E-state index contributed by atoms with van der Waals surface area (Å²) in [6.07, 6.45) is 0.903. The van der Waals surface area contributed by atoms with Gasteiger partial charge < -0.3 is 11.1 Å². The van der Waals surface area contributed by atoms with Crippen molar-refractivity contribution in [1.29, 1.82) is 0 Å². The standard InChI is InChI=1S/C27H30N2O2/c1-3-20(2)25(26(28)31)29-24(30)19-27(21-13-7-4-8-14-21,22-15-9-5-10-16-22)23-17-11-6-12-18-23/h4-18,20,25H,3,19H2,1-2H3,(H2,28,31)(H,29,30)/t20-,25-/m0/s1. The molecular formula is C27H30N2O2. The van der Waals surface area contributed by atoms with Crippen LogP contribution in [0.1, 0.15) is 43.4 Å². The molecule has 2 amide bonds. The third kappa shape index (κ3) is 4.85.